The van der Waals surface area contributed by atoms with Crippen LogP contribution in [-0.2, 0) is 19.1 Å². The second kappa shape index (κ2) is 10.1. The molecule has 0 aromatic heterocycles. The van der Waals surface area contributed by atoms with Crippen LogP contribution in [0.4, 0.5) is 11.4 Å². The molecule has 1 N–H and O–H groups in total. The average Bonchev–Trinajstić information content (AvgIpc) is 3.27. The average molecular weight is 597 g/mol. The Morgan fingerprint density at radius 3 is 1.76 bits per heavy atom. The Morgan fingerprint density at radius 1 is 0.738 bits per heavy atom. The normalized spacial score (nSPS) is 21.4. The van der Waals surface area contributed by atoms with Gasteiger partial charge in [-0.1, -0.05) is 71.7 Å². The number of rotatable bonds is 5. The van der Waals surface area contributed by atoms with Crippen molar-refractivity contribution in [1.29, 1.82) is 0 Å². The molecule has 8 rings (SSSR count). The van der Waals surface area contributed by atoms with E-state index in [0.29, 0.717) is 16.4 Å². The predicted octanol–water partition coefficient (Wildman–Crippen LogP) is 6.19. The number of amides is 3. The number of anilines is 2. The number of benzene rings is 4. The molecule has 0 radical (unpaired) electrons. The van der Waals surface area contributed by atoms with Crippen molar-refractivity contribution in [3.05, 3.63) is 129 Å². The number of esters is 1. The smallest absolute Gasteiger partial charge is 0.338 e. The molecule has 0 saturated carbocycles. The Labute approximate surface area is 251 Å². The molecular weight excluding hydrogens is 575 g/mol. The van der Waals surface area contributed by atoms with Crippen LogP contribution in [0.15, 0.2) is 91.0 Å². The monoisotopic (exact) mass is 596 g/mol. The van der Waals surface area contributed by atoms with E-state index in [1.807, 2.05) is 24.3 Å². The molecule has 1 fully saturated rings. The minimum absolute atomic E-state index is 0.174. The molecule has 4 aliphatic rings. The molecular formula is C33H22Cl2N2O5. The zero-order valence-electron chi connectivity index (χ0n) is 21.9. The second-order valence-electron chi connectivity index (χ2n) is 10.6. The van der Waals surface area contributed by atoms with Crippen LogP contribution in [-0.4, -0.2) is 30.3 Å². The number of ether oxygens (including phenoxy) is 1. The van der Waals surface area contributed by atoms with Crippen molar-refractivity contribution >= 4 is 58.3 Å². The van der Waals surface area contributed by atoms with Crippen LogP contribution < -0.4 is 10.2 Å². The Kier molecular flexibility index (Phi) is 6.37. The Morgan fingerprint density at radius 2 is 1.26 bits per heavy atom. The highest BCUT2D eigenvalue weighted by Crippen LogP contribution is 2.61. The summed E-state index contributed by atoms with van der Waals surface area (Å²) in [6.45, 7) is -0.532. The highest BCUT2D eigenvalue weighted by Gasteiger charge is 2.61. The lowest BCUT2D eigenvalue weighted by Gasteiger charge is -2.45. The fraction of sp³-hybridized carbons (Fsp3) is 0.152. The first-order valence-electron chi connectivity index (χ1n) is 13.4. The number of imide groups is 1. The number of hydrogen-bond donors (Lipinski definition) is 1. The van der Waals surface area contributed by atoms with Crippen molar-refractivity contribution in [3.8, 4) is 0 Å². The first-order valence-corrected chi connectivity index (χ1v) is 14.2. The summed E-state index contributed by atoms with van der Waals surface area (Å²) < 4.78 is 5.15. The highest BCUT2D eigenvalue weighted by molar-refractivity contribution is 6.36. The Bertz CT molecular complexity index is 1690. The van der Waals surface area contributed by atoms with Gasteiger partial charge in [0.05, 0.1) is 33.8 Å². The van der Waals surface area contributed by atoms with E-state index < -0.39 is 30.3 Å². The molecule has 4 aromatic rings. The number of nitrogens with zero attached hydrogens (tertiary/aromatic N) is 1. The van der Waals surface area contributed by atoms with E-state index in [0.717, 1.165) is 22.3 Å². The molecule has 4 aromatic carbocycles. The van der Waals surface area contributed by atoms with Gasteiger partial charge in [-0.05, 0) is 64.7 Å². The van der Waals surface area contributed by atoms with Gasteiger partial charge in [0.15, 0.2) is 6.61 Å². The van der Waals surface area contributed by atoms with Crippen LogP contribution in [0.25, 0.3) is 0 Å². The minimum Gasteiger partial charge on any atom is -0.452 e. The molecule has 0 spiro atoms. The molecule has 1 saturated heterocycles. The van der Waals surface area contributed by atoms with Crippen LogP contribution in [0.1, 0.15) is 44.4 Å². The summed E-state index contributed by atoms with van der Waals surface area (Å²) in [5, 5.41) is 3.24. The number of halogens is 2. The summed E-state index contributed by atoms with van der Waals surface area (Å²) in [6, 6.07) is 26.8. The summed E-state index contributed by atoms with van der Waals surface area (Å²) >= 11 is 11.9. The van der Waals surface area contributed by atoms with Crippen molar-refractivity contribution in [2.24, 2.45) is 11.8 Å². The van der Waals surface area contributed by atoms with E-state index in [2.05, 4.69) is 29.6 Å². The standard InChI is InChI=1S/C33H22Cl2N2O5/c34-18-11-14-25(24(35)15-18)36-26(38)16-42-33(41)17-9-12-19(13-10-17)37-31(39)29-27-20-5-1-2-6-21(20)28(30(29)32(37)40)23-8-4-3-7-22(23)27/h1-15,27-30H,16H2,(H,36,38)/t27?,28?,29-,30+. The third kappa shape index (κ3) is 4.11. The third-order valence-electron chi connectivity index (χ3n) is 8.35. The second-order valence-corrected chi connectivity index (χ2v) is 11.4. The van der Waals surface area contributed by atoms with Crippen molar-refractivity contribution in [1.82, 2.24) is 0 Å². The van der Waals surface area contributed by atoms with Crippen LogP contribution in [0.2, 0.25) is 10.0 Å². The number of carbonyl (C=O) groups is 4. The fourth-order valence-electron chi connectivity index (χ4n) is 6.67. The van der Waals surface area contributed by atoms with E-state index in [1.54, 1.807) is 24.3 Å². The van der Waals surface area contributed by atoms with E-state index in [-0.39, 0.29) is 34.2 Å². The predicted molar refractivity (Wildman–Crippen MR) is 158 cm³/mol. The van der Waals surface area contributed by atoms with Gasteiger partial charge in [0.2, 0.25) is 11.8 Å². The Balaban J connectivity index is 1.08. The molecule has 1 heterocycles. The van der Waals surface area contributed by atoms with Gasteiger partial charge in [-0.15, -0.1) is 0 Å². The van der Waals surface area contributed by atoms with Crippen LogP contribution in [0, 0.1) is 11.8 Å². The fourth-order valence-corrected chi connectivity index (χ4v) is 7.13. The van der Waals surface area contributed by atoms with Gasteiger partial charge < -0.3 is 10.1 Å². The van der Waals surface area contributed by atoms with Crippen LogP contribution in [0.5, 0.6) is 0 Å². The van der Waals surface area contributed by atoms with Gasteiger partial charge in [0.1, 0.15) is 0 Å². The zero-order valence-corrected chi connectivity index (χ0v) is 23.4. The Hall–Kier alpha value is -4.46. The molecule has 0 unspecified atom stereocenters. The summed E-state index contributed by atoms with van der Waals surface area (Å²) in [6.07, 6.45) is 0. The summed E-state index contributed by atoms with van der Waals surface area (Å²) in [7, 11) is 0. The molecule has 9 heteroatoms. The molecule has 2 atom stereocenters. The van der Waals surface area contributed by atoms with E-state index in [1.165, 1.54) is 23.1 Å². The highest BCUT2D eigenvalue weighted by atomic mass is 35.5. The number of nitrogens with one attached hydrogen (secondary N) is 1. The van der Waals surface area contributed by atoms with E-state index in [9.17, 15) is 19.2 Å². The number of hydrogen-bond acceptors (Lipinski definition) is 5. The van der Waals surface area contributed by atoms with E-state index in [4.69, 9.17) is 27.9 Å². The van der Waals surface area contributed by atoms with Gasteiger partial charge >= 0.3 is 5.97 Å². The van der Waals surface area contributed by atoms with Crippen LogP contribution >= 0.6 is 23.2 Å². The first kappa shape index (κ1) is 26.4. The van der Waals surface area contributed by atoms with E-state index >= 15 is 0 Å². The first-order chi connectivity index (χ1) is 20.3. The van der Waals surface area contributed by atoms with Crippen molar-refractivity contribution < 1.29 is 23.9 Å². The lowest BCUT2D eigenvalue weighted by atomic mass is 9.55. The molecule has 2 bridgehead atoms. The van der Waals surface area contributed by atoms with Gasteiger partial charge in [0, 0.05) is 16.9 Å². The molecule has 42 heavy (non-hydrogen) atoms. The van der Waals surface area contributed by atoms with Gasteiger partial charge in [-0.25, -0.2) is 9.69 Å². The number of carbonyl (C=O) groups excluding carboxylic acids is 4. The molecule has 7 nitrogen and oxygen atoms in total. The van der Waals surface area contributed by atoms with Crippen molar-refractivity contribution in [3.63, 3.8) is 0 Å². The summed E-state index contributed by atoms with van der Waals surface area (Å²) in [5.41, 5.74) is 5.31. The third-order valence-corrected chi connectivity index (χ3v) is 8.90. The molecule has 208 valence electrons. The molecule has 3 amide bonds. The maximum Gasteiger partial charge on any atom is 0.338 e. The summed E-state index contributed by atoms with van der Waals surface area (Å²) in [4.78, 5) is 54.0. The largest absolute Gasteiger partial charge is 0.452 e. The lowest BCUT2D eigenvalue weighted by Crippen LogP contribution is -2.41. The zero-order chi connectivity index (χ0) is 29.1. The molecule has 1 aliphatic heterocycles. The summed E-state index contributed by atoms with van der Waals surface area (Å²) in [5.74, 6) is -3.16. The van der Waals surface area contributed by atoms with Gasteiger partial charge in [0.25, 0.3) is 5.91 Å². The maximum atomic E-state index is 13.9. The topological polar surface area (TPSA) is 92.8 Å². The van der Waals surface area contributed by atoms with Crippen LogP contribution in [0.3, 0.4) is 0 Å². The van der Waals surface area contributed by atoms with Crippen molar-refractivity contribution in [2.45, 2.75) is 11.8 Å². The quantitative estimate of drug-likeness (QED) is 0.219. The van der Waals surface area contributed by atoms with Crippen molar-refractivity contribution in [2.75, 3.05) is 16.8 Å². The molecule has 3 aliphatic carbocycles. The lowest BCUT2D eigenvalue weighted by molar-refractivity contribution is -0.122. The van der Waals surface area contributed by atoms with Gasteiger partial charge in [-0.3, -0.25) is 14.4 Å². The van der Waals surface area contributed by atoms with Gasteiger partial charge in [-0.2, -0.15) is 0 Å². The minimum atomic E-state index is -0.726. The SMILES string of the molecule is O=C(COC(=O)c1ccc(N2C(=O)[C@@H]3C4c5ccccc5C(c5ccccc54)[C@@H]3C2=O)cc1)Nc1ccc(Cl)cc1Cl. The maximum absolute atomic E-state index is 13.9.